The van der Waals surface area contributed by atoms with Gasteiger partial charge < -0.3 is 15.4 Å². The first-order chi connectivity index (χ1) is 7.13. The molecule has 0 aliphatic carbocycles. The molecule has 0 spiro atoms. The van der Waals surface area contributed by atoms with Crippen molar-refractivity contribution in [2.45, 2.75) is 45.3 Å². The van der Waals surface area contributed by atoms with E-state index in [4.69, 9.17) is 10.5 Å². The van der Waals surface area contributed by atoms with Crippen LogP contribution >= 0.6 is 0 Å². The summed E-state index contributed by atoms with van der Waals surface area (Å²) in [5, 5.41) is 0. The van der Waals surface area contributed by atoms with E-state index in [1.165, 1.54) is 0 Å². The molecule has 1 aliphatic rings. The summed E-state index contributed by atoms with van der Waals surface area (Å²) in [6, 6.07) is -0.0510. The van der Waals surface area contributed by atoms with E-state index in [2.05, 4.69) is 6.92 Å². The third-order valence-corrected chi connectivity index (χ3v) is 2.60. The molecular formula is C11H22N2O2. The predicted molar refractivity (Wildman–Crippen MR) is 59.5 cm³/mol. The first kappa shape index (κ1) is 12.5. The zero-order valence-corrected chi connectivity index (χ0v) is 9.74. The molecule has 1 heterocycles. The third kappa shape index (κ3) is 4.18. The van der Waals surface area contributed by atoms with E-state index in [9.17, 15) is 4.79 Å². The number of carbonyl (C=O) groups excluding carboxylic acids is 1. The Bertz CT molecular complexity index is 205. The Morgan fingerprint density at radius 2 is 2.40 bits per heavy atom. The smallest absolute Gasteiger partial charge is 0.224 e. The second kappa shape index (κ2) is 6.08. The van der Waals surface area contributed by atoms with Crippen LogP contribution in [0.25, 0.3) is 0 Å². The van der Waals surface area contributed by atoms with Gasteiger partial charge >= 0.3 is 0 Å². The average Bonchev–Trinajstić information content (AvgIpc) is 2.17. The van der Waals surface area contributed by atoms with Crippen molar-refractivity contribution in [3.63, 3.8) is 0 Å². The zero-order valence-electron chi connectivity index (χ0n) is 9.74. The number of nitrogens with zero attached hydrogens (tertiary/aromatic N) is 1. The van der Waals surface area contributed by atoms with Crippen LogP contribution in [0, 0.1) is 0 Å². The highest BCUT2D eigenvalue weighted by molar-refractivity contribution is 5.76. The highest BCUT2D eigenvalue weighted by atomic mass is 16.5. The van der Waals surface area contributed by atoms with Gasteiger partial charge in [-0.3, -0.25) is 4.79 Å². The second-order valence-corrected chi connectivity index (χ2v) is 4.30. The summed E-state index contributed by atoms with van der Waals surface area (Å²) in [4.78, 5) is 13.6. The van der Waals surface area contributed by atoms with Crippen LogP contribution < -0.4 is 5.73 Å². The number of hydrogen-bond donors (Lipinski definition) is 1. The SMILES string of the molecule is CCCC1CN(C(=O)CC(C)N)CCO1. The topological polar surface area (TPSA) is 55.6 Å². The van der Waals surface area contributed by atoms with Crippen molar-refractivity contribution >= 4 is 5.91 Å². The molecule has 1 amide bonds. The van der Waals surface area contributed by atoms with Crippen molar-refractivity contribution in [1.82, 2.24) is 4.90 Å². The summed E-state index contributed by atoms with van der Waals surface area (Å²) in [6.07, 6.45) is 2.79. The molecule has 0 aromatic heterocycles. The van der Waals surface area contributed by atoms with Crippen molar-refractivity contribution in [3.05, 3.63) is 0 Å². The van der Waals surface area contributed by atoms with Gasteiger partial charge in [-0.15, -0.1) is 0 Å². The van der Waals surface area contributed by atoms with Gasteiger partial charge in [0.15, 0.2) is 0 Å². The van der Waals surface area contributed by atoms with Gasteiger partial charge in [0.2, 0.25) is 5.91 Å². The molecule has 0 saturated carbocycles. The summed E-state index contributed by atoms with van der Waals surface area (Å²) in [5.41, 5.74) is 5.61. The van der Waals surface area contributed by atoms with E-state index in [0.717, 1.165) is 19.4 Å². The largest absolute Gasteiger partial charge is 0.375 e. The maximum absolute atomic E-state index is 11.7. The Balaban J connectivity index is 2.38. The quantitative estimate of drug-likeness (QED) is 0.751. The van der Waals surface area contributed by atoms with Gasteiger partial charge in [-0.05, 0) is 13.3 Å². The highest BCUT2D eigenvalue weighted by Gasteiger charge is 2.23. The van der Waals surface area contributed by atoms with Crippen molar-refractivity contribution in [2.75, 3.05) is 19.7 Å². The predicted octanol–water partition coefficient (Wildman–Crippen LogP) is 0.751. The molecule has 0 radical (unpaired) electrons. The first-order valence-electron chi connectivity index (χ1n) is 5.78. The fraction of sp³-hybridized carbons (Fsp3) is 0.909. The van der Waals surface area contributed by atoms with E-state index in [0.29, 0.717) is 19.6 Å². The van der Waals surface area contributed by atoms with Crippen molar-refractivity contribution in [3.8, 4) is 0 Å². The first-order valence-corrected chi connectivity index (χ1v) is 5.78. The zero-order chi connectivity index (χ0) is 11.3. The number of rotatable bonds is 4. The number of amides is 1. The molecule has 0 aromatic rings. The van der Waals surface area contributed by atoms with Crippen molar-refractivity contribution in [1.29, 1.82) is 0 Å². The number of nitrogens with two attached hydrogens (primary N) is 1. The van der Waals surface area contributed by atoms with Gasteiger partial charge in [-0.25, -0.2) is 0 Å². The van der Waals surface area contributed by atoms with Crippen LogP contribution in [0.4, 0.5) is 0 Å². The number of ether oxygens (including phenoxy) is 1. The van der Waals surface area contributed by atoms with E-state index in [-0.39, 0.29) is 18.1 Å². The van der Waals surface area contributed by atoms with E-state index >= 15 is 0 Å². The Hall–Kier alpha value is -0.610. The van der Waals surface area contributed by atoms with Crippen LogP contribution in [-0.2, 0) is 9.53 Å². The highest BCUT2D eigenvalue weighted by Crippen LogP contribution is 2.11. The van der Waals surface area contributed by atoms with Gasteiger partial charge in [-0.1, -0.05) is 13.3 Å². The lowest BCUT2D eigenvalue weighted by Crippen LogP contribution is -2.46. The van der Waals surface area contributed by atoms with E-state index in [1.54, 1.807) is 0 Å². The minimum Gasteiger partial charge on any atom is -0.375 e. The Morgan fingerprint density at radius 1 is 1.67 bits per heavy atom. The molecule has 4 heteroatoms. The fourth-order valence-electron chi connectivity index (χ4n) is 1.85. The van der Waals surface area contributed by atoms with Crippen LogP contribution in [0.3, 0.4) is 0 Å². The second-order valence-electron chi connectivity index (χ2n) is 4.30. The van der Waals surface area contributed by atoms with Crippen LogP contribution in [-0.4, -0.2) is 42.6 Å². The van der Waals surface area contributed by atoms with E-state index in [1.807, 2.05) is 11.8 Å². The van der Waals surface area contributed by atoms with Gasteiger partial charge in [0.1, 0.15) is 0 Å². The van der Waals surface area contributed by atoms with Gasteiger partial charge in [0, 0.05) is 25.6 Å². The standard InChI is InChI=1S/C11H22N2O2/c1-3-4-10-8-13(5-6-15-10)11(14)7-9(2)12/h9-10H,3-8,12H2,1-2H3. The molecule has 15 heavy (non-hydrogen) atoms. The van der Waals surface area contributed by atoms with Crippen LogP contribution in [0.2, 0.25) is 0 Å². The molecular weight excluding hydrogens is 192 g/mol. The lowest BCUT2D eigenvalue weighted by atomic mass is 10.1. The fourth-order valence-corrected chi connectivity index (χ4v) is 1.85. The summed E-state index contributed by atoms with van der Waals surface area (Å²) in [7, 11) is 0. The third-order valence-electron chi connectivity index (χ3n) is 2.60. The van der Waals surface area contributed by atoms with Crippen LogP contribution in [0.1, 0.15) is 33.1 Å². The van der Waals surface area contributed by atoms with Gasteiger partial charge in [0.05, 0.1) is 12.7 Å². The molecule has 0 aromatic carbocycles. The number of morpholine rings is 1. The lowest BCUT2D eigenvalue weighted by molar-refractivity contribution is -0.139. The molecule has 2 unspecified atom stereocenters. The van der Waals surface area contributed by atoms with Crippen molar-refractivity contribution < 1.29 is 9.53 Å². The maximum Gasteiger partial charge on any atom is 0.224 e. The summed E-state index contributed by atoms with van der Waals surface area (Å²) in [5.74, 6) is 0.161. The molecule has 0 bridgehead atoms. The summed E-state index contributed by atoms with van der Waals surface area (Å²) < 4.78 is 5.58. The lowest BCUT2D eigenvalue weighted by Gasteiger charge is -2.33. The number of carbonyl (C=O) groups is 1. The Labute approximate surface area is 91.8 Å². The van der Waals surface area contributed by atoms with Crippen LogP contribution in [0.5, 0.6) is 0 Å². The minimum atomic E-state index is -0.0510. The molecule has 1 aliphatic heterocycles. The minimum absolute atomic E-state index is 0.0510. The molecule has 1 saturated heterocycles. The number of hydrogen-bond acceptors (Lipinski definition) is 3. The average molecular weight is 214 g/mol. The molecule has 4 nitrogen and oxygen atoms in total. The molecule has 1 fully saturated rings. The van der Waals surface area contributed by atoms with E-state index < -0.39 is 0 Å². The Kier molecular flexibility index (Phi) is 5.05. The molecule has 2 atom stereocenters. The monoisotopic (exact) mass is 214 g/mol. The van der Waals surface area contributed by atoms with Crippen molar-refractivity contribution in [2.24, 2.45) is 5.73 Å². The summed E-state index contributed by atoms with van der Waals surface area (Å²) >= 11 is 0. The normalized spacial score (nSPS) is 23.9. The summed E-state index contributed by atoms with van der Waals surface area (Å²) in [6.45, 7) is 6.11. The molecule has 1 rings (SSSR count). The maximum atomic E-state index is 11.7. The molecule has 88 valence electrons. The molecule has 2 N–H and O–H groups in total. The Morgan fingerprint density at radius 3 is 3.00 bits per heavy atom. The van der Waals surface area contributed by atoms with Gasteiger partial charge in [-0.2, -0.15) is 0 Å². The van der Waals surface area contributed by atoms with Gasteiger partial charge in [0.25, 0.3) is 0 Å². The van der Waals surface area contributed by atoms with Crippen LogP contribution in [0.15, 0.2) is 0 Å².